The van der Waals surface area contributed by atoms with Crippen molar-refractivity contribution in [3.8, 4) is 0 Å². The molecule has 0 spiro atoms. The van der Waals surface area contributed by atoms with Gasteiger partial charge in [-0.05, 0) is 13.8 Å². The highest BCUT2D eigenvalue weighted by Crippen LogP contribution is 2.33. The van der Waals surface area contributed by atoms with Gasteiger partial charge in [0.25, 0.3) is 5.91 Å². The van der Waals surface area contributed by atoms with Crippen molar-refractivity contribution in [2.75, 3.05) is 27.4 Å². The predicted molar refractivity (Wildman–Crippen MR) is 63.2 cm³/mol. The lowest BCUT2D eigenvalue weighted by Gasteiger charge is -2.47. The van der Waals surface area contributed by atoms with Crippen molar-refractivity contribution in [2.24, 2.45) is 0 Å². The summed E-state index contributed by atoms with van der Waals surface area (Å²) in [5.41, 5.74) is 0. The largest absolute Gasteiger partial charge is 0.468 e. The van der Waals surface area contributed by atoms with Crippen molar-refractivity contribution < 1.29 is 28.5 Å². The molecule has 0 unspecified atom stereocenters. The van der Waals surface area contributed by atoms with Gasteiger partial charge in [0, 0.05) is 7.11 Å². The molecule has 0 bridgehead atoms. The topological polar surface area (TPSA) is 74.3 Å². The Hall–Kier alpha value is -1.18. The average Bonchev–Trinajstić information content (AvgIpc) is 2.71. The number of likely N-dealkylation sites (tertiary alicyclic amines) is 1. The zero-order chi connectivity index (χ0) is 14.2. The van der Waals surface area contributed by atoms with E-state index in [1.54, 1.807) is 13.8 Å². The Kier molecular flexibility index (Phi) is 3.80. The molecule has 0 aliphatic carbocycles. The molecule has 0 saturated carbocycles. The Balaban J connectivity index is 2.07. The van der Waals surface area contributed by atoms with Crippen LogP contribution in [0.3, 0.4) is 0 Å². The summed E-state index contributed by atoms with van der Waals surface area (Å²) in [6.07, 6.45) is -0.894. The monoisotopic (exact) mass is 273 g/mol. The second-order valence-electron chi connectivity index (χ2n) is 5.06. The van der Waals surface area contributed by atoms with Crippen LogP contribution in [0, 0.1) is 0 Å². The van der Waals surface area contributed by atoms with E-state index in [1.807, 2.05) is 0 Å². The maximum atomic E-state index is 11.9. The molecule has 2 heterocycles. The van der Waals surface area contributed by atoms with Crippen LogP contribution in [0.2, 0.25) is 0 Å². The van der Waals surface area contributed by atoms with Gasteiger partial charge in [-0.3, -0.25) is 9.59 Å². The summed E-state index contributed by atoms with van der Waals surface area (Å²) in [7, 11) is 2.75. The van der Waals surface area contributed by atoms with Gasteiger partial charge in [0.05, 0.1) is 19.8 Å². The molecule has 7 heteroatoms. The number of rotatable bonds is 4. The van der Waals surface area contributed by atoms with Crippen molar-refractivity contribution in [2.45, 2.75) is 37.9 Å². The molecule has 7 nitrogen and oxygen atoms in total. The summed E-state index contributed by atoms with van der Waals surface area (Å²) in [5, 5.41) is 0. The van der Waals surface area contributed by atoms with Gasteiger partial charge in [-0.2, -0.15) is 0 Å². The van der Waals surface area contributed by atoms with E-state index in [-0.39, 0.29) is 24.6 Å². The summed E-state index contributed by atoms with van der Waals surface area (Å²) < 4.78 is 21.0. The molecule has 19 heavy (non-hydrogen) atoms. The van der Waals surface area contributed by atoms with Gasteiger partial charge in [-0.1, -0.05) is 0 Å². The molecule has 3 atom stereocenters. The Bertz CT molecular complexity index is 382. The Morgan fingerprint density at radius 2 is 2.16 bits per heavy atom. The summed E-state index contributed by atoms with van der Waals surface area (Å²) in [4.78, 5) is 24.6. The summed E-state index contributed by atoms with van der Waals surface area (Å²) >= 11 is 0. The molecule has 2 aliphatic rings. The first-order chi connectivity index (χ1) is 8.89. The molecule has 108 valence electrons. The third kappa shape index (κ3) is 2.58. The number of ether oxygens (including phenoxy) is 4. The van der Waals surface area contributed by atoms with Gasteiger partial charge in [-0.15, -0.1) is 0 Å². The van der Waals surface area contributed by atoms with E-state index >= 15 is 0 Å². The number of hydrogen-bond donors (Lipinski definition) is 0. The standard InChI is InChI=1S/C12H19NO6/c1-12(2)18-6-7(19-12)9-10(17-4)11(15)13(9)5-8(14)16-3/h7,9-10H,5-6H2,1-4H3/t7-,9+,10-/m1/s1. The predicted octanol–water partition coefficient (Wildman–Crippen LogP) is -0.463. The Morgan fingerprint density at radius 1 is 1.47 bits per heavy atom. The summed E-state index contributed by atoms with van der Waals surface area (Å²) in [6.45, 7) is 3.88. The van der Waals surface area contributed by atoms with Crippen LogP contribution in [0.25, 0.3) is 0 Å². The number of carbonyl (C=O) groups is 2. The van der Waals surface area contributed by atoms with E-state index in [1.165, 1.54) is 19.1 Å². The van der Waals surface area contributed by atoms with Gasteiger partial charge in [-0.25, -0.2) is 0 Å². The molecule has 2 aliphatic heterocycles. The fraction of sp³-hybridized carbons (Fsp3) is 0.833. The first kappa shape index (κ1) is 14.2. The number of hydrogen-bond acceptors (Lipinski definition) is 6. The molecule has 2 saturated heterocycles. The average molecular weight is 273 g/mol. The van der Waals surface area contributed by atoms with Crippen molar-refractivity contribution in [1.29, 1.82) is 0 Å². The Labute approximate surface area is 111 Å². The minimum atomic E-state index is -0.682. The minimum Gasteiger partial charge on any atom is -0.468 e. The molecule has 0 aromatic carbocycles. The van der Waals surface area contributed by atoms with Gasteiger partial charge in [0.2, 0.25) is 0 Å². The second kappa shape index (κ2) is 5.07. The maximum Gasteiger partial charge on any atom is 0.325 e. The zero-order valence-electron chi connectivity index (χ0n) is 11.5. The third-order valence-corrected chi connectivity index (χ3v) is 3.39. The van der Waals surface area contributed by atoms with Gasteiger partial charge >= 0.3 is 5.97 Å². The van der Waals surface area contributed by atoms with E-state index < -0.39 is 17.9 Å². The highest BCUT2D eigenvalue weighted by Gasteiger charge is 2.55. The van der Waals surface area contributed by atoms with E-state index in [2.05, 4.69) is 4.74 Å². The minimum absolute atomic E-state index is 0.0971. The summed E-state index contributed by atoms with van der Waals surface area (Å²) in [6, 6.07) is -0.321. The third-order valence-electron chi connectivity index (χ3n) is 3.39. The van der Waals surface area contributed by atoms with Crippen molar-refractivity contribution in [3.63, 3.8) is 0 Å². The number of nitrogens with zero attached hydrogens (tertiary/aromatic N) is 1. The molecular weight excluding hydrogens is 254 g/mol. The Morgan fingerprint density at radius 3 is 2.63 bits per heavy atom. The van der Waals surface area contributed by atoms with Crippen LogP contribution in [-0.4, -0.2) is 68.2 Å². The normalized spacial score (nSPS) is 33.2. The van der Waals surface area contributed by atoms with Crippen LogP contribution in [0.15, 0.2) is 0 Å². The van der Waals surface area contributed by atoms with Crippen LogP contribution in [0.5, 0.6) is 0 Å². The van der Waals surface area contributed by atoms with E-state index in [0.29, 0.717) is 6.61 Å². The molecule has 0 N–H and O–H groups in total. The SMILES string of the molecule is COC(=O)CN1C(=O)[C@H](OC)[C@@H]1[C@H]1COC(C)(C)O1. The number of methoxy groups -OCH3 is 2. The van der Waals surface area contributed by atoms with Gasteiger partial charge < -0.3 is 23.8 Å². The first-order valence-corrected chi connectivity index (χ1v) is 6.11. The molecule has 0 aromatic rings. The highest BCUT2D eigenvalue weighted by molar-refractivity contribution is 5.91. The number of esters is 1. The molecule has 2 fully saturated rings. The van der Waals surface area contributed by atoms with E-state index in [9.17, 15) is 9.59 Å². The van der Waals surface area contributed by atoms with Crippen LogP contribution >= 0.6 is 0 Å². The number of carbonyl (C=O) groups excluding carboxylic acids is 2. The fourth-order valence-corrected chi connectivity index (χ4v) is 2.44. The smallest absolute Gasteiger partial charge is 0.325 e. The van der Waals surface area contributed by atoms with Gasteiger partial charge in [0.15, 0.2) is 11.9 Å². The highest BCUT2D eigenvalue weighted by atomic mass is 16.7. The zero-order valence-corrected chi connectivity index (χ0v) is 11.5. The van der Waals surface area contributed by atoms with Crippen molar-refractivity contribution >= 4 is 11.9 Å². The van der Waals surface area contributed by atoms with Crippen LogP contribution in [0.1, 0.15) is 13.8 Å². The van der Waals surface area contributed by atoms with Crippen LogP contribution in [-0.2, 0) is 28.5 Å². The first-order valence-electron chi connectivity index (χ1n) is 6.11. The molecular formula is C12H19NO6. The maximum absolute atomic E-state index is 11.9. The fourth-order valence-electron chi connectivity index (χ4n) is 2.44. The number of β-lactam (4-membered cyclic amide) rings is 1. The van der Waals surface area contributed by atoms with Crippen LogP contribution in [0.4, 0.5) is 0 Å². The van der Waals surface area contributed by atoms with Crippen LogP contribution < -0.4 is 0 Å². The quantitative estimate of drug-likeness (QED) is 0.509. The lowest BCUT2D eigenvalue weighted by atomic mass is 9.92. The van der Waals surface area contributed by atoms with Gasteiger partial charge in [0.1, 0.15) is 12.6 Å². The lowest BCUT2D eigenvalue weighted by molar-refractivity contribution is -0.195. The molecule has 1 amide bonds. The number of amides is 1. The lowest BCUT2D eigenvalue weighted by Crippen LogP contribution is -2.70. The molecule has 0 radical (unpaired) electrons. The second-order valence-corrected chi connectivity index (χ2v) is 5.06. The molecule has 0 aromatic heterocycles. The van der Waals surface area contributed by atoms with Crippen molar-refractivity contribution in [1.82, 2.24) is 4.90 Å². The molecule has 2 rings (SSSR count). The summed E-state index contributed by atoms with van der Waals surface area (Å²) in [5.74, 6) is -1.38. The van der Waals surface area contributed by atoms with E-state index in [4.69, 9.17) is 14.2 Å². The van der Waals surface area contributed by atoms with Crippen molar-refractivity contribution in [3.05, 3.63) is 0 Å². The van der Waals surface area contributed by atoms with E-state index in [0.717, 1.165) is 0 Å².